The van der Waals surface area contributed by atoms with Crippen LogP contribution >= 0.6 is 0 Å². The molecule has 0 spiro atoms. The van der Waals surface area contributed by atoms with Gasteiger partial charge in [-0.25, -0.2) is 4.98 Å². The smallest absolute Gasteiger partial charge is 0.146 e. The van der Waals surface area contributed by atoms with Crippen molar-refractivity contribution in [3.8, 4) is 11.3 Å². The molecule has 0 aliphatic heterocycles. The molecule has 158 valence electrons. The highest BCUT2D eigenvalue weighted by atomic mass is 15.0. The van der Waals surface area contributed by atoms with Crippen LogP contribution in [0.3, 0.4) is 0 Å². The first-order chi connectivity index (χ1) is 16.2. The monoisotopic (exact) mass is 425 g/mol. The first kappa shape index (κ1) is 18.5. The van der Waals surface area contributed by atoms with Crippen molar-refractivity contribution in [1.82, 2.24) is 14.0 Å². The van der Waals surface area contributed by atoms with Gasteiger partial charge in [0.25, 0.3) is 0 Å². The van der Waals surface area contributed by atoms with E-state index in [2.05, 4.69) is 114 Å². The van der Waals surface area contributed by atoms with Crippen LogP contribution in [0.1, 0.15) is 12.5 Å². The summed E-state index contributed by atoms with van der Waals surface area (Å²) in [5.74, 6) is 0. The number of fused-ring (bicyclic) bond motifs is 8. The maximum Gasteiger partial charge on any atom is 0.146 e. The average molecular weight is 426 g/mol. The number of nitrogens with zero attached hydrogens (tertiary/aromatic N) is 3. The highest BCUT2D eigenvalue weighted by molar-refractivity contribution is 6.15. The first-order valence-electron chi connectivity index (χ1n) is 11.5. The van der Waals surface area contributed by atoms with E-state index in [0.717, 1.165) is 23.2 Å². The summed E-state index contributed by atoms with van der Waals surface area (Å²) >= 11 is 0. The zero-order valence-electron chi connectivity index (χ0n) is 18.7. The molecule has 0 radical (unpaired) electrons. The van der Waals surface area contributed by atoms with E-state index in [1.54, 1.807) is 0 Å². The topological polar surface area (TPSA) is 22.2 Å². The second-order valence-corrected chi connectivity index (χ2v) is 8.88. The van der Waals surface area contributed by atoms with E-state index in [4.69, 9.17) is 4.98 Å². The molecule has 0 saturated carbocycles. The van der Waals surface area contributed by atoms with Crippen LogP contribution in [-0.4, -0.2) is 14.0 Å². The number of aryl methyl sites for hydroxylation is 2. The van der Waals surface area contributed by atoms with Crippen molar-refractivity contribution in [1.29, 1.82) is 0 Å². The molecule has 3 heterocycles. The summed E-state index contributed by atoms with van der Waals surface area (Å²) in [5.41, 5.74) is 9.40. The lowest BCUT2D eigenvalue weighted by Gasteiger charge is -2.11. The van der Waals surface area contributed by atoms with Crippen LogP contribution in [0.2, 0.25) is 0 Å². The van der Waals surface area contributed by atoms with E-state index < -0.39 is 0 Å². The van der Waals surface area contributed by atoms with Crippen molar-refractivity contribution < 1.29 is 0 Å². The third-order valence-electron chi connectivity index (χ3n) is 6.91. The summed E-state index contributed by atoms with van der Waals surface area (Å²) in [5, 5.41) is 5.02. The zero-order valence-corrected chi connectivity index (χ0v) is 18.7. The minimum Gasteiger partial charge on any atom is -0.341 e. The summed E-state index contributed by atoms with van der Waals surface area (Å²) in [6, 6.07) is 32.9. The van der Waals surface area contributed by atoms with E-state index in [-0.39, 0.29) is 0 Å². The molecule has 0 atom stereocenters. The Hall–Kier alpha value is -4.11. The van der Waals surface area contributed by atoms with E-state index in [1.165, 1.54) is 49.4 Å². The van der Waals surface area contributed by atoms with E-state index in [9.17, 15) is 0 Å². The maximum absolute atomic E-state index is 5.12. The minimum absolute atomic E-state index is 0.940. The van der Waals surface area contributed by atoms with Gasteiger partial charge in [-0.1, -0.05) is 54.1 Å². The van der Waals surface area contributed by atoms with Crippen molar-refractivity contribution in [3.05, 3.63) is 96.6 Å². The Labute approximate surface area is 191 Å². The second kappa shape index (κ2) is 6.69. The minimum atomic E-state index is 0.940. The quantitative estimate of drug-likeness (QED) is 0.278. The third kappa shape index (κ3) is 2.53. The number of imidazole rings is 1. The molecule has 0 amide bonds. The van der Waals surface area contributed by atoms with E-state index >= 15 is 0 Å². The summed E-state index contributed by atoms with van der Waals surface area (Å²) in [6.45, 7) is 5.33. The van der Waals surface area contributed by atoms with Gasteiger partial charge in [0.05, 0.1) is 16.7 Å². The van der Waals surface area contributed by atoms with Gasteiger partial charge in [0.2, 0.25) is 0 Å². The van der Waals surface area contributed by atoms with E-state index in [1.807, 2.05) is 0 Å². The molecule has 0 aliphatic rings. The Morgan fingerprint density at radius 3 is 2.33 bits per heavy atom. The molecule has 0 saturated heterocycles. The van der Waals surface area contributed by atoms with Crippen molar-refractivity contribution in [2.45, 2.75) is 20.4 Å². The molecule has 3 aromatic heterocycles. The molecule has 7 aromatic rings. The van der Waals surface area contributed by atoms with Gasteiger partial charge in [0, 0.05) is 33.7 Å². The summed E-state index contributed by atoms with van der Waals surface area (Å²) in [4.78, 5) is 5.12. The zero-order chi connectivity index (χ0) is 22.1. The molecule has 3 heteroatoms. The van der Waals surface area contributed by atoms with Gasteiger partial charge < -0.3 is 4.57 Å². The SMILES string of the molecule is CCn1c2ccc(C)cc2c2cc3c(cc(-c4ccccc4)n4c5ccccc5nc34)cc21. The molecule has 0 bridgehead atoms. The van der Waals surface area contributed by atoms with Crippen LogP contribution in [0.4, 0.5) is 0 Å². The highest BCUT2D eigenvalue weighted by Gasteiger charge is 2.17. The van der Waals surface area contributed by atoms with Gasteiger partial charge in [-0.2, -0.15) is 0 Å². The Morgan fingerprint density at radius 1 is 0.697 bits per heavy atom. The largest absolute Gasteiger partial charge is 0.341 e. The van der Waals surface area contributed by atoms with Gasteiger partial charge in [-0.3, -0.25) is 4.40 Å². The van der Waals surface area contributed by atoms with Crippen LogP contribution in [0.25, 0.3) is 60.5 Å². The molecule has 0 N–H and O–H groups in total. The molecule has 33 heavy (non-hydrogen) atoms. The fraction of sp³-hybridized carbons (Fsp3) is 0.100. The summed E-state index contributed by atoms with van der Waals surface area (Å²) < 4.78 is 4.75. The molecular formula is C30H23N3. The third-order valence-corrected chi connectivity index (χ3v) is 6.91. The number of hydrogen-bond donors (Lipinski definition) is 0. The normalized spacial score (nSPS) is 12.1. The molecule has 7 rings (SSSR count). The molecule has 0 fully saturated rings. The number of rotatable bonds is 2. The predicted octanol–water partition coefficient (Wildman–Crippen LogP) is 7.74. The van der Waals surface area contributed by atoms with Crippen LogP contribution in [0, 0.1) is 6.92 Å². The molecule has 0 aliphatic carbocycles. The maximum atomic E-state index is 5.12. The van der Waals surface area contributed by atoms with Crippen LogP contribution in [0.15, 0.2) is 91.0 Å². The first-order valence-corrected chi connectivity index (χ1v) is 11.5. The molecule has 3 nitrogen and oxygen atoms in total. The number of aromatic nitrogens is 3. The Balaban J connectivity index is 1.72. The number of pyridine rings is 1. The number of benzene rings is 4. The lowest BCUT2D eigenvalue weighted by atomic mass is 10.0. The molecule has 4 aromatic carbocycles. The summed E-state index contributed by atoms with van der Waals surface area (Å²) in [7, 11) is 0. The molecular weight excluding hydrogens is 402 g/mol. The van der Waals surface area contributed by atoms with Gasteiger partial charge >= 0.3 is 0 Å². The van der Waals surface area contributed by atoms with Gasteiger partial charge in [0.15, 0.2) is 0 Å². The molecule has 0 unspecified atom stereocenters. The Morgan fingerprint density at radius 2 is 1.48 bits per heavy atom. The van der Waals surface area contributed by atoms with Crippen LogP contribution in [0.5, 0.6) is 0 Å². The Bertz CT molecular complexity index is 1850. The van der Waals surface area contributed by atoms with Gasteiger partial charge in [-0.15, -0.1) is 0 Å². The average Bonchev–Trinajstić information content (AvgIpc) is 3.38. The fourth-order valence-corrected chi connectivity index (χ4v) is 5.41. The number of hydrogen-bond acceptors (Lipinski definition) is 1. The highest BCUT2D eigenvalue weighted by Crippen LogP contribution is 2.37. The standard InChI is InChI=1S/C30H23N3/c1-3-32-26-14-13-19(2)15-23(26)24-18-22-21(17-29(24)32)16-28(20-9-5-4-6-10-20)33-27-12-8-7-11-25(27)31-30(22)33/h4-18H,3H2,1-2H3. The second-order valence-electron chi connectivity index (χ2n) is 8.88. The van der Waals surface area contributed by atoms with Gasteiger partial charge in [-0.05, 0) is 67.3 Å². The van der Waals surface area contributed by atoms with Gasteiger partial charge in [0.1, 0.15) is 5.65 Å². The van der Waals surface area contributed by atoms with Crippen LogP contribution in [-0.2, 0) is 6.54 Å². The van der Waals surface area contributed by atoms with Crippen molar-refractivity contribution in [3.63, 3.8) is 0 Å². The van der Waals surface area contributed by atoms with Crippen molar-refractivity contribution in [2.24, 2.45) is 0 Å². The predicted molar refractivity (Wildman–Crippen MR) is 139 cm³/mol. The van der Waals surface area contributed by atoms with Crippen molar-refractivity contribution in [2.75, 3.05) is 0 Å². The number of para-hydroxylation sites is 2. The lowest BCUT2D eigenvalue weighted by Crippen LogP contribution is -1.95. The Kier molecular flexibility index (Phi) is 3.74. The van der Waals surface area contributed by atoms with E-state index in [0.29, 0.717) is 0 Å². The lowest BCUT2D eigenvalue weighted by molar-refractivity contribution is 0.827. The van der Waals surface area contributed by atoms with Crippen LogP contribution < -0.4 is 0 Å². The fourth-order valence-electron chi connectivity index (χ4n) is 5.41. The summed E-state index contributed by atoms with van der Waals surface area (Å²) in [6.07, 6.45) is 0. The van der Waals surface area contributed by atoms with Crippen molar-refractivity contribution >= 4 is 49.3 Å².